The molecule has 3 heteroatoms. The van der Waals surface area contributed by atoms with E-state index in [0.29, 0.717) is 11.8 Å². The van der Waals surface area contributed by atoms with Crippen LogP contribution in [0.3, 0.4) is 0 Å². The molecule has 0 saturated heterocycles. The van der Waals surface area contributed by atoms with Crippen molar-refractivity contribution < 1.29 is 46.5 Å². The molecule has 0 aliphatic carbocycles. The van der Waals surface area contributed by atoms with Crippen molar-refractivity contribution in [3.8, 4) is 0 Å². The Hall–Kier alpha value is -2.09. The molecule has 0 aromatic heterocycles. The second-order valence-electron chi connectivity index (χ2n) is 9.82. The summed E-state index contributed by atoms with van der Waals surface area (Å²) in [5.74, 6) is 1.21. The first kappa shape index (κ1) is 33.9. The molecule has 0 spiro atoms. The van der Waals surface area contributed by atoms with Crippen LogP contribution in [0.25, 0.3) is 43.1 Å². The topological polar surface area (TPSA) is 0 Å². The number of benzene rings is 4. The number of rotatable bonds is 2. The van der Waals surface area contributed by atoms with E-state index in [0.717, 1.165) is 6.42 Å². The minimum Gasteiger partial charge on any atom is -1.00 e. The van der Waals surface area contributed by atoms with Crippen molar-refractivity contribution in [2.24, 2.45) is 0 Å². The van der Waals surface area contributed by atoms with Gasteiger partial charge in [-0.3, -0.25) is 0 Å². The van der Waals surface area contributed by atoms with Crippen molar-refractivity contribution in [2.75, 3.05) is 0 Å². The fourth-order valence-corrected chi connectivity index (χ4v) is 4.64. The Morgan fingerprint density at radius 1 is 0.553 bits per heavy atom. The van der Waals surface area contributed by atoms with E-state index in [1.807, 2.05) is 0 Å². The predicted octanol–water partition coefficient (Wildman–Crippen LogP) is 4.72. The van der Waals surface area contributed by atoms with Crippen LogP contribution in [0.5, 0.6) is 0 Å². The Kier molecular flexibility index (Phi) is 13.8. The molecular weight excluding hydrogens is 539 g/mol. The average Bonchev–Trinajstić information content (AvgIpc) is 3.50. The largest absolute Gasteiger partial charge is 2.00 e. The Bertz CT molecular complexity index is 1430. The second kappa shape index (κ2) is 15.5. The van der Waals surface area contributed by atoms with Crippen LogP contribution in [0, 0.1) is 13.8 Å². The third-order valence-electron chi connectivity index (χ3n) is 6.61. The Morgan fingerprint density at radius 3 is 1.24 bits per heavy atom. The maximum atomic E-state index is 3.38. The second-order valence-corrected chi connectivity index (χ2v) is 9.82. The van der Waals surface area contributed by atoms with Gasteiger partial charge in [0.2, 0.25) is 0 Å². The summed E-state index contributed by atoms with van der Waals surface area (Å²) in [5.41, 5.74) is 2.87. The molecular formula is C35H36Cl2Ti-4. The van der Waals surface area contributed by atoms with Crippen molar-refractivity contribution in [2.45, 2.75) is 46.0 Å². The minimum atomic E-state index is 0. The summed E-state index contributed by atoms with van der Waals surface area (Å²) in [6.07, 6.45) is 0.750. The molecule has 198 valence electrons. The fourth-order valence-electron chi connectivity index (χ4n) is 4.64. The van der Waals surface area contributed by atoms with Crippen LogP contribution in [0.1, 0.15) is 57.1 Å². The first-order chi connectivity index (χ1) is 16.9. The average molecular weight is 575 g/mol. The smallest absolute Gasteiger partial charge is 1.00 e. The summed E-state index contributed by atoms with van der Waals surface area (Å²) in [4.78, 5) is 0. The molecule has 0 fully saturated rings. The van der Waals surface area contributed by atoms with E-state index in [4.69, 9.17) is 0 Å². The van der Waals surface area contributed by atoms with Gasteiger partial charge in [0.05, 0.1) is 0 Å². The van der Waals surface area contributed by atoms with Crippen molar-refractivity contribution in [1.82, 2.24) is 0 Å². The Balaban J connectivity index is 0.000000322. The van der Waals surface area contributed by atoms with Crippen molar-refractivity contribution in [3.05, 3.63) is 122 Å². The summed E-state index contributed by atoms with van der Waals surface area (Å²) < 4.78 is 0. The van der Waals surface area contributed by atoms with Crippen LogP contribution in [-0.2, 0) is 21.7 Å². The standard InChI is InChI=1S/2C16H15.C3H6.2ClH.Ti/c2*1-11(2)14-9-13-8-7-12-5-3-4-6-15(12)16(13)10-14;1-3-2;;;/h2*3-11H,1-2H3;1-3H2;2*1H;/q2*-1;-2;;;+2/p-2. The molecule has 0 aliphatic heterocycles. The van der Waals surface area contributed by atoms with Gasteiger partial charge in [-0.05, 0) is 22.6 Å². The van der Waals surface area contributed by atoms with Gasteiger partial charge in [-0.1, -0.05) is 99.1 Å². The molecule has 0 aliphatic rings. The molecule has 0 atom stereocenters. The van der Waals surface area contributed by atoms with Gasteiger partial charge in [-0.25, -0.2) is 0 Å². The predicted molar refractivity (Wildman–Crippen MR) is 158 cm³/mol. The van der Waals surface area contributed by atoms with Gasteiger partial charge in [-0.2, -0.15) is 12.1 Å². The van der Waals surface area contributed by atoms with Crippen LogP contribution in [0.2, 0.25) is 0 Å². The maximum Gasteiger partial charge on any atom is 2.00 e. The van der Waals surface area contributed by atoms with Crippen molar-refractivity contribution in [3.63, 3.8) is 0 Å². The number of halogens is 2. The van der Waals surface area contributed by atoms with Crippen LogP contribution in [0.4, 0.5) is 0 Å². The summed E-state index contributed by atoms with van der Waals surface area (Å²) in [6.45, 7) is 15.7. The number of fused-ring (bicyclic) bond motifs is 6. The van der Waals surface area contributed by atoms with E-state index < -0.39 is 0 Å². The number of hydrogen-bond donors (Lipinski definition) is 0. The van der Waals surface area contributed by atoms with Gasteiger partial charge >= 0.3 is 21.7 Å². The summed E-state index contributed by atoms with van der Waals surface area (Å²) in [6, 6.07) is 35.4. The van der Waals surface area contributed by atoms with E-state index in [1.165, 1.54) is 54.2 Å². The first-order valence-electron chi connectivity index (χ1n) is 12.7. The Morgan fingerprint density at radius 2 is 0.895 bits per heavy atom. The molecule has 0 heterocycles. The third kappa shape index (κ3) is 7.52. The summed E-state index contributed by atoms with van der Waals surface area (Å²) in [7, 11) is 0. The molecule has 6 aromatic carbocycles. The zero-order chi connectivity index (χ0) is 24.9. The monoisotopic (exact) mass is 574 g/mol. The van der Waals surface area contributed by atoms with Gasteiger partial charge < -0.3 is 45.1 Å². The molecule has 6 rings (SSSR count). The third-order valence-corrected chi connectivity index (χ3v) is 6.61. The SMILES string of the molecule is CC(C)c1cc2c(ccc3ccccc32)[cH-]1.CC(C)c1cc2c(ccc3ccccc32)[cH-]1.[CH2-]C[CH2-].[Cl-].[Cl-].[Ti+2]. The summed E-state index contributed by atoms with van der Waals surface area (Å²) in [5, 5.41) is 10.9. The normalized spacial score (nSPS) is 10.3. The molecule has 0 saturated carbocycles. The molecule has 38 heavy (non-hydrogen) atoms. The Labute approximate surface area is 256 Å². The fraction of sp³-hybridized carbons (Fsp3) is 0.200. The molecule has 0 amide bonds. The zero-order valence-corrected chi connectivity index (χ0v) is 25.8. The minimum absolute atomic E-state index is 0. The molecule has 0 nitrogen and oxygen atoms in total. The first-order valence-corrected chi connectivity index (χ1v) is 12.7. The van der Waals surface area contributed by atoms with Crippen molar-refractivity contribution in [1.29, 1.82) is 0 Å². The molecule has 6 aromatic rings. The maximum absolute atomic E-state index is 3.38. The van der Waals surface area contributed by atoms with Gasteiger partial charge in [0.25, 0.3) is 0 Å². The summed E-state index contributed by atoms with van der Waals surface area (Å²) >= 11 is 0. The van der Waals surface area contributed by atoms with Crippen LogP contribution in [-0.4, -0.2) is 0 Å². The molecule has 0 radical (unpaired) electrons. The van der Waals surface area contributed by atoms with Crippen LogP contribution in [0.15, 0.2) is 97.1 Å². The molecule has 0 N–H and O–H groups in total. The van der Waals surface area contributed by atoms with Gasteiger partial charge in [0.15, 0.2) is 0 Å². The van der Waals surface area contributed by atoms with Crippen LogP contribution >= 0.6 is 0 Å². The zero-order valence-electron chi connectivity index (χ0n) is 22.8. The van der Waals surface area contributed by atoms with Gasteiger partial charge in [0.1, 0.15) is 0 Å². The van der Waals surface area contributed by atoms with E-state index in [2.05, 4.69) is 139 Å². The van der Waals surface area contributed by atoms with E-state index in [-0.39, 0.29) is 46.5 Å². The van der Waals surface area contributed by atoms with Crippen LogP contribution < -0.4 is 24.8 Å². The van der Waals surface area contributed by atoms with E-state index >= 15 is 0 Å². The van der Waals surface area contributed by atoms with E-state index in [1.54, 1.807) is 0 Å². The van der Waals surface area contributed by atoms with Gasteiger partial charge in [0, 0.05) is 0 Å². The van der Waals surface area contributed by atoms with E-state index in [9.17, 15) is 0 Å². The van der Waals surface area contributed by atoms with Gasteiger partial charge in [-0.15, -0.1) is 56.9 Å². The molecule has 0 bridgehead atoms. The molecule has 0 unspecified atom stereocenters. The number of hydrogen-bond acceptors (Lipinski definition) is 0. The van der Waals surface area contributed by atoms with Crippen molar-refractivity contribution >= 4 is 43.1 Å². The quantitative estimate of drug-likeness (QED) is 0.207.